The molecule has 164 valence electrons. The van der Waals surface area contributed by atoms with Gasteiger partial charge >= 0.3 is 0 Å². The number of methoxy groups -OCH3 is 1. The van der Waals surface area contributed by atoms with Gasteiger partial charge in [-0.25, -0.2) is 0 Å². The second-order valence-electron chi connectivity index (χ2n) is 8.41. The summed E-state index contributed by atoms with van der Waals surface area (Å²) in [5.74, 6) is 2.45. The number of carbonyl (C=O) groups excluding carboxylic acids is 2. The fraction of sp³-hybridized carbons (Fsp3) is 0.462. The molecule has 0 spiro atoms. The van der Waals surface area contributed by atoms with Crippen LogP contribution in [0.5, 0.6) is 17.2 Å². The van der Waals surface area contributed by atoms with E-state index in [9.17, 15) is 9.59 Å². The number of hydrogen-bond acceptors (Lipinski definition) is 5. The van der Waals surface area contributed by atoms with Crippen LogP contribution in [0, 0.1) is 5.92 Å². The Kier molecular flexibility index (Phi) is 6.59. The molecular formula is C26H30O5. The van der Waals surface area contributed by atoms with Crippen LogP contribution in [0.2, 0.25) is 0 Å². The molecule has 0 saturated heterocycles. The molecule has 0 unspecified atom stereocenters. The Balaban J connectivity index is 1.74. The zero-order chi connectivity index (χ0) is 21.8. The molecule has 1 fully saturated rings. The lowest BCUT2D eigenvalue weighted by molar-refractivity contribution is -0.121. The van der Waals surface area contributed by atoms with E-state index in [1.54, 1.807) is 7.11 Å². The van der Waals surface area contributed by atoms with Crippen LogP contribution in [0.3, 0.4) is 0 Å². The van der Waals surface area contributed by atoms with Gasteiger partial charge in [-0.15, -0.1) is 0 Å². The van der Waals surface area contributed by atoms with Crippen LogP contribution in [0.1, 0.15) is 61.4 Å². The molecule has 0 aliphatic heterocycles. The monoisotopic (exact) mass is 422 g/mol. The molecule has 4 rings (SSSR count). The molecule has 0 amide bonds. The second kappa shape index (κ2) is 9.54. The van der Waals surface area contributed by atoms with Gasteiger partial charge in [0.2, 0.25) is 5.75 Å². The standard InChI is InChI=1S/C26H30O5/c1-3-4-6-18(27)16-31-25-22(19-7-5-8-21-20(19)11-13-23(21)28)12-14-24(29-2)26(25)30-15-17-9-10-17/h5,7-8,12,14,17H,3-4,6,9-11,13,15-16H2,1-2H3. The summed E-state index contributed by atoms with van der Waals surface area (Å²) in [4.78, 5) is 24.6. The normalized spacial score (nSPS) is 15.0. The average molecular weight is 423 g/mol. The largest absolute Gasteiger partial charge is 0.493 e. The molecule has 5 nitrogen and oxygen atoms in total. The van der Waals surface area contributed by atoms with Crippen molar-refractivity contribution in [2.24, 2.45) is 5.92 Å². The molecule has 0 atom stereocenters. The highest BCUT2D eigenvalue weighted by molar-refractivity contribution is 6.02. The molecule has 0 aromatic heterocycles. The van der Waals surface area contributed by atoms with Crippen LogP contribution in [0.25, 0.3) is 11.1 Å². The van der Waals surface area contributed by atoms with Gasteiger partial charge in [0.25, 0.3) is 0 Å². The van der Waals surface area contributed by atoms with Crippen molar-refractivity contribution < 1.29 is 23.8 Å². The summed E-state index contributed by atoms with van der Waals surface area (Å²) in [6, 6.07) is 9.61. The Bertz CT molecular complexity index is 974. The Morgan fingerprint density at radius 2 is 1.81 bits per heavy atom. The maximum Gasteiger partial charge on any atom is 0.204 e. The molecule has 2 aromatic rings. The summed E-state index contributed by atoms with van der Waals surface area (Å²) in [5, 5.41) is 0. The number of carbonyl (C=O) groups is 2. The maximum absolute atomic E-state index is 12.4. The van der Waals surface area contributed by atoms with Crippen molar-refractivity contribution >= 4 is 11.6 Å². The van der Waals surface area contributed by atoms with E-state index in [4.69, 9.17) is 14.2 Å². The van der Waals surface area contributed by atoms with Crippen molar-refractivity contribution in [3.8, 4) is 28.4 Å². The van der Waals surface area contributed by atoms with Crippen LogP contribution >= 0.6 is 0 Å². The van der Waals surface area contributed by atoms with Gasteiger partial charge in [-0.2, -0.15) is 0 Å². The van der Waals surface area contributed by atoms with Crippen molar-refractivity contribution in [3.05, 3.63) is 41.5 Å². The van der Waals surface area contributed by atoms with E-state index >= 15 is 0 Å². The van der Waals surface area contributed by atoms with E-state index in [-0.39, 0.29) is 18.2 Å². The fourth-order valence-electron chi connectivity index (χ4n) is 4.02. The molecule has 2 aromatic carbocycles. The van der Waals surface area contributed by atoms with Crippen molar-refractivity contribution in [3.63, 3.8) is 0 Å². The third-order valence-electron chi connectivity index (χ3n) is 6.01. The molecule has 31 heavy (non-hydrogen) atoms. The molecule has 0 heterocycles. The Labute approximate surface area is 183 Å². The van der Waals surface area contributed by atoms with E-state index in [0.29, 0.717) is 49.0 Å². The van der Waals surface area contributed by atoms with Crippen LogP contribution in [0.15, 0.2) is 30.3 Å². The van der Waals surface area contributed by atoms with E-state index in [1.807, 2.05) is 30.3 Å². The highest BCUT2D eigenvalue weighted by Gasteiger charge is 2.28. The van der Waals surface area contributed by atoms with Crippen molar-refractivity contribution in [1.82, 2.24) is 0 Å². The smallest absolute Gasteiger partial charge is 0.204 e. The highest BCUT2D eigenvalue weighted by Crippen LogP contribution is 2.47. The van der Waals surface area contributed by atoms with Crippen molar-refractivity contribution in [2.45, 2.75) is 51.9 Å². The predicted octanol–water partition coefficient (Wildman–Crippen LogP) is 5.42. The summed E-state index contributed by atoms with van der Waals surface area (Å²) >= 11 is 0. The average Bonchev–Trinajstić information content (AvgIpc) is 3.55. The number of unbranched alkanes of at least 4 members (excludes halogenated alkanes) is 1. The Morgan fingerprint density at radius 1 is 1.00 bits per heavy atom. The summed E-state index contributed by atoms with van der Waals surface area (Å²) in [7, 11) is 1.61. The van der Waals surface area contributed by atoms with E-state index in [2.05, 4.69) is 6.92 Å². The van der Waals surface area contributed by atoms with E-state index in [1.165, 1.54) is 12.8 Å². The zero-order valence-corrected chi connectivity index (χ0v) is 18.4. The number of benzene rings is 2. The summed E-state index contributed by atoms with van der Waals surface area (Å²) in [5.41, 5.74) is 3.60. The first-order valence-electron chi connectivity index (χ1n) is 11.3. The summed E-state index contributed by atoms with van der Waals surface area (Å²) in [6.45, 7) is 2.66. The molecular weight excluding hydrogens is 392 g/mol. The van der Waals surface area contributed by atoms with Crippen LogP contribution in [-0.2, 0) is 11.2 Å². The minimum atomic E-state index is -0.00604. The van der Waals surface area contributed by atoms with Gasteiger partial charge in [0.15, 0.2) is 23.1 Å². The Hall–Kier alpha value is -2.82. The van der Waals surface area contributed by atoms with Gasteiger partial charge in [0, 0.05) is 24.0 Å². The number of fused-ring (bicyclic) bond motifs is 1. The quantitative estimate of drug-likeness (QED) is 0.484. The molecule has 0 bridgehead atoms. The second-order valence-corrected chi connectivity index (χ2v) is 8.41. The molecule has 0 N–H and O–H groups in total. The SMILES string of the molecule is CCCCC(=O)COc1c(-c2cccc3c2CCC3=O)ccc(OC)c1OCC1CC1. The molecule has 1 saturated carbocycles. The van der Waals surface area contributed by atoms with Gasteiger partial charge in [-0.05, 0) is 54.9 Å². The van der Waals surface area contributed by atoms with Crippen LogP contribution in [0.4, 0.5) is 0 Å². The lowest BCUT2D eigenvalue weighted by atomic mass is 9.95. The van der Waals surface area contributed by atoms with Crippen LogP contribution in [-0.4, -0.2) is 31.9 Å². The first-order valence-corrected chi connectivity index (χ1v) is 11.3. The van der Waals surface area contributed by atoms with E-state index < -0.39 is 0 Å². The van der Waals surface area contributed by atoms with Gasteiger partial charge in [-0.1, -0.05) is 31.5 Å². The maximum atomic E-state index is 12.4. The lowest BCUT2D eigenvalue weighted by Gasteiger charge is -2.20. The van der Waals surface area contributed by atoms with Crippen LogP contribution < -0.4 is 14.2 Å². The van der Waals surface area contributed by atoms with Gasteiger partial charge in [0.05, 0.1) is 13.7 Å². The minimum Gasteiger partial charge on any atom is -0.493 e. The Morgan fingerprint density at radius 3 is 2.55 bits per heavy atom. The molecule has 2 aliphatic carbocycles. The topological polar surface area (TPSA) is 61.8 Å². The van der Waals surface area contributed by atoms with Gasteiger partial charge in [-0.3, -0.25) is 9.59 Å². The zero-order valence-electron chi connectivity index (χ0n) is 18.4. The summed E-state index contributed by atoms with van der Waals surface area (Å²) < 4.78 is 17.9. The van der Waals surface area contributed by atoms with E-state index in [0.717, 1.165) is 35.1 Å². The number of rotatable bonds is 11. The third kappa shape index (κ3) is 4.76. The summed E-state index contributed by atoms with van der Waals surface area (Å²) in [6.07, 6.45) is 5.90. The first kappa shape index (κ1) is 21.4. The molecule has 2 aliphatic rings. The fourth-order valence-corrected chi connectivity index (χ4v) is 4.02. The first-order chi connectivity index (χ1) is 15.1. The number of ketones is 2. The number of ether oxygens (including phenoxy) is 3. The molecule has 0 radical (unpaired) electrons. The third-order valence-corrected chi connectivity index (χ3v) is 6.01. The van der Waals surface area contributed by atoms with Gasteiger partial charge in [0.1, 0.15) is 6.61 Å². The number of Topliss-reactive ketones (excluding diaryl/α,β-unsaturated/α-hetero) is 2. The number of hydrogen-bond donors (Lipinski definition) is 0. The molecule has 5 heteroatoms. The highest BCUT2D eigenvalue weighted by atomic mass is 16.5. The van der Waals surface area contributed by atoms with Crippen molar-refractivity contribution in [1.29, 1.82) is 0 Å². The predicted molar refractivity (Wildman–Crippen MR) is 119 cm³/mol. The van der Waals surface area contributed by atoms with Gasteiger partial charge < -0.3 is 14.2 Å². The lowest BCUT2D eigenvalue weighted by Crippen LogP contribution is -2.13. The minimum absolute atomic E-state index is 0.00604. The van der Waals surface area contributed by atoms with Crippen molar-refractivity contribution in [2.75, 3.05) is 20.3 Å².